The molecule has 1 atom stereocenters. The number of nitrogens with zero attached hydrogens (tertiary/aromatic N) is 3. The van der Waals surface area contributed by atoms with Gasteiger partial charge in [-0.1, -0.05) is 12.8 Å². The quantitative estimate of drug-likeness (QED) is 0.744. The highest BCUT2D eigenvalue weighted by Crippen LogP contribution is 2.53. The van der Waals surface area contributed by atoms with Crippen molar-refractivity contribution in [1.29, 1.82) is 0 Å². The summed E-state index contributed by atoms with van der Waals surface area (Å²) in [5, 5.41) is 7.86. The summed E-state index contributed by atoms with van der Waals surface area (Å²) < 4.78 is 16.6. The van der Waals surface area contributed by atoms with Gasteiger partial charge in [0.2, 0.25) is 5.75 Å². The molecule has 1 aliphatic heterocycles. The number of rotatable bonds is 7. The molecule has 30 heavy (non-hydrogen) atoms. The first-order valence-electron chi connectivity index (χ1n) is 11.1. The van der Waals surface area contributed by atoms with Crippen molar-refractivity contribution >= 4 is 0 Å². The Morgan fingerprint density at radius 3 is 2.37 bits per heavy atom. The maximum atomic E-state index is 5.55. The minimum absolute atomic E-state index is 0.320. The van der Waals surface area contributed by atoms with Gasteiger partial charge in [-0.15, -0.1) is 0 Å². The van der Waals surface area contributed by atoms with E-state index < -0.39 is 0 Å². The molecule has 7 nitrogen and oxygen atoms in total. The van der Waals surface area contributed by atoms with Crippen LogP contribution in [0.2, 0.25) is 0 Å². The molecule has 1 saturated heterocycles. The van der Waals surface area contributed by atoms with E-state index in [0.29, 0.717) is 34.5 Å². The Hall–Kier alpha value is -2.28. The summed E-state index contributed by atoms with van der Waals surface area (Å²) in [6.45, 7) is 2.97. The van der Waals surface area contributed by atoms with Crippen LogP contribution in [0.4, 0.5) is 0 Å². The normalized spacial score (nSPS) is 23.2. The Balaban J connectivity index is 1.39. The van der Waals surface area contributed by atoms with E-state index in [9.17, 15) is 0 Å². The topological polar surface area (TPSA) is 72.5 Å². The van der Waals surface area contributed by atoms with Crippen molar-refractivity contribution in [3.8, 4) is 17.2 Å². The number of aromatic amines is 1. The zero-order valence-corrected chi connectivity index (χ0v) is 18.2. The lowest BCUT2D eigenvalue weighted by Gasteiger charge is -2.28. The van der Waals surface area contributed by atoms with Crippen molar-refractivity contribution in [3.05, 3.63) is 29.3 Å². The van der Waals surface area contributed by atoms with Gasteiger partial charge >= 0.3 is 0 Å². The second-order valence-corrected chi connectivity index (χ2v) is 9.18. The minimum atomic E-state index is 0.320. The molecule has 3 fully saturated rings. The molecule has 0 bridgehead atoms. The van der Waals surface area contributed by atoms with Crippen LogP contribution in [0.3, 0.4) is 0 Å². The minimum Gasteiger partial charge on any atom is -0.493 e. The van der Waals surface area contributed by atoms with E-state index in [-0.39, 0.29) is 0 Å². The van der Waals surface area contributed by atoms with E-state index in [1.165, 1.54) is 44.1 Å². The maximum absolute atomic E-state index is 5.55. The van der Waals surface area contributed by atoms with Gasteiger partial charge in [-0.2, -0.15) is 5.10 Å². The monoisotopic (exact) mass is 412 g/mol. The molecule has 1 aromatic heterocycles. The predicted octanol–water partition coefficient (Wildman–Crippen LogP) is 3.87. The highest BCUT2D eigenvalue weighted by molar-refractivity contribution is 5.53. The molecular weight excluding hydrogens is 380 g/mol. The first-order valence-corrected chi connectivity index (χ1v) is 11.1. The van der Waals surface area contributed by atoms with Crippen LogP contribution >= 0.6 is 0 Å². The molecule has 2 heterocycles. The van der Waals surface area contributed by atoms with Gasteiger partial charge < -0.3 is 14.2 Å². The largest absolute Gasteiger partial charge is 0.493 e. The van der Waals surface area contributed by atoms with Gasteiger partial charge in [-0.25, -0.2) is 4.98 Å². The van der Waals surface area contributed by atoms with Crippen LogP contribution in [0.5, 0.6) is 17.2 Å². The summed E-state index contributed by atoms with van der Waals surface area (Å²) >= 11 is 0. The van der Waals surface area contributed by atoms with Crippen LogP contribution in [-0.4, -0.2) is 54.5 Å². The molecule has 0 radical (unpaired) electrons. The third-order valence-corrected chi connectivity index (χ3v) is 7.24. The van der Waals surface area contributed by atoms with Crippen LogP contribution < -0.4 is 14.2 Å². The zero-order valence-electron chi connectivity index (χ0n) is 18.2. The van der Waals surface area contributed by atoms with Gasteiger partial charge in [-0.3, -0.25) is 10.00 Å². The van der Waals surface area contributed by atoms with Crippen molar-refractivity contribution in [2.75, 3.05) is 34.4 Å². The van der Waals surface area contributed by atoms with Crippen LogP contribution in [0.1, 0.15) is 67.6 Å². The number of benzene rings is 1. The first kappa shape index (κ1) is 19.7. The van der Waals surface area contributed by atoms with Crippen molar-refractivity contribution < 1.29 is 14.2 Å². The lowest BCUT2D eigenvalue weighted by Crippen LogP contribution is -2.27. The van der Waals surface area contributed by atoms with Gasteiger partial charge in [0.15, 0.2) is 17.3 Å². The van der Waals surface area contributed by atoms with E-state index in [4.69, 9.17) is 19.2 Å². The highest BCUT2D eigenvalue weighted by Gasteiger charge is 2.50. The molecule has 162 valence electrons. The Morgan fingerprint density at radius 2 is 1.77 bits per heavy atom. The fraction of sp³-hybridized carbons (Fsp3) is 0.652. The third kappa shape index (κ3) is 3.43. The Bertz CT molecular complexity index is 877. The summed E-state index contributed by atoms with van der Waals surface area (Å²) in [5.41, 5.74) is 1.50. The smallest absolute Gasteiger partial charge is 0.203 e. The summed E-state index contributed by atoms with van der Waals surface area (Å²) in [5.74, 6) is 5.22. The van der Waals surface area contributed by atoms with Crippen LogP contribution in [-0.2, 0) is 6.54 Å². The molecule has 1 spiro atoms. The Kier molecular flexibility index (Phi) is 5.09. The summed E-state index contributed by atoms with van der Waals surface area (Å²) in [6.07, 6.45) is 7.67. The molecule has 1 unspecified atom stereocenters. The molecule has 2 saturated carbocycles. The molecule has 1 aromatic carbocycles. The maximum Gasteiger partial charge on any atom is 0.203 e. The predicted molar refractivity (Wildman–Crippen MR) is 113 cm³/mol. The number of aromatic nitrogens is 3. The molecular formula is C23H32N4O3. The number of ether oxygens (including phenoxy) is 3. The molecule has 7 heteroatoms. The second kappa shape index (κ2) is 7.76. The van der Waals surface area contributed by atoms with Gasteiger partial charge in [0.25, 0.3) is 0 Å². The van der Waals surface area contributed by atoms with E-state index in [2.05, 4.69) is 27.2 Å². The number of H-pyrrole nitrogens is 1. The molecule has 3 aliphatic rings. The Labute approximate surface area is 178 Å². The standard InChI is InChI=1S/C23H32N4O3/c1-28-18-10-15(11-19(29-2)20(18)30-3)12-27-13-17(23(14-27)8-4-5-9-23)22-24-21(25-26-22)16-6-7-16/h10-11,16-17H,4-9,12-14H2,1-3H3,(H,24,25,26). The lowest BCUT2D eigenvalue weighted by molar-refractivity contribution is 0.244. The van der Waals surface area contributed by atoms with Crippen LogP contribution in [0.15, 0.2) is 12.1 Å². The zero-order chi connectivity index (χ0) is 20.7. The van der Waals surface area contributed by atoms with Crippen molar-refractivity contribution in [1.82, 2.24) is 20.1 Å². The number of hydrogen-bond donors (Lipinski definition) is 1. The number of nitrogens with one attached hydrogen (secondary N) is 1. The SMILES string of the molecule is COc1cc(CN2CC(c3nc(C4CC4)n[nH]3)C3(CCCC3)C2)cc(OC)c1OC. The van der Waals surface area contributed by atoms with E-state index >= 15 is 0 Å². The fourth-order valence-corrected chi connectivity index (χ4v) is 5.61. The number of hydrogen-bond acceptors (Lipinski definition) is 6. The summed E-state index contributed by atoms with van der Waals surface area (Å²) in [7, 11) is 4.98. The number of likely N-dealkylation sites (tertiary alicyclic amines) is 1. The average Bonchev–Trinajstić information content (AvgIpc) is 3.16. The van der Waals surface area contributed by atoms with Crippen molar-refractivity contribution in [2.24, 2.45) is 5.41 Å². The van der Waals surface area contributed by atoms with Crippen LogP contribution in [0, 0.1) is 5.41 Å². The molecule has 0 amide bonds. The molecule has 2 aromatic rings. The first-order chi connectivity index (χ1) is 14.7. The molecule has 5 rings (SSSR count). The summed E-state index contributed by atoms with van der Waals surface area (Å²) in [6, 6.07) is 4.13. The van der Waals surface area contributed by atoms with E-state index in [1.54, 1.807) is 21.3 Å². The van der Waals surface area contributed by atoms with Gasteiger partial charge in [0.05, 0.1) is 21.3 Å². The third-order valence-electron chi connectivity index (χ3n) is 7.24. The number of methoxy groups -OCH3 is 3. The van der Waals surface area contributed by atoms with Gasteiger partial charge in [0.1, 0.15) is 5.82 Å². The fourth-order valence-electron chi connectivity index (χ4n) is 5.61. The van der Waals surface area contributed by atoms with Gasteiger partial charge in [-0.05, 0) is 48.8 Å². The van der Waals surface area contributed by atoms with Gasteiger partial charge in [0, 0.05) is 31.5 Å². The lowest BCUT2D eigenvalue weighted by atomic mass is 9.76. The van der Waals surface area contributed by atoms with Crippen LogP contribution in [0.25, 0.3) is 0 Å². The second-order valence-electron chi connectivity index (χ2n) is 9.18. The van der Waals surface area contributed by atoms with E-state index in [0.717, 1.165) is 31.3 Å². The Morgan fingerprint density at radius 1 is 1.07 bits per heavy atom. The average molecular weight is 413 g/mol. The van der Waals surface area contributed by atoms with Crippen molar-refractivity contribution in [2.45, 2.75) is 56.9 Å². The van der Waals surface area contributed by atoms with E-state index in [1.807, 2.05) is 0 Å². The molecule has 2 aliphatic carbocycles. The van der Waals surface area contributed by atoms with Crippen molar-refractivity contribution in [3.63, 3.8) is 0 Å². The molecule has 1 N–H and O–H groups in total. The summed E-state index contributed by atoms with van der Waals surface area (Å²) in [4.78, 5) is 7.51. The highest BCUT2D eigenvalue weighted by atomic mass is 16.5.